The lowest BCUT2D eigenvalue weighted by Crippen LogP contribution is -2.65. The molecule has 0 aromatic heterocycles. The highest BCUT2D eigenvalue weighted by molar-refractivity contribution is 7.80. The van der Waals surface area contributed by atoms with Gasteiger partial charge in [0, 0.05) is 17.7 Å². The van der Waals surface area contributed by atoms with Crippen molar-refractivity contribution in [3.05, 3.63) is 59.7 Å². The summed E-state index contributed by atoms with van der Waals surface area (Å²) in [4.78, 5) is 13.8. The van der Waals surface area contributed by atoms with E-state index in [-0.39, 0.29) is 12.0 Å². The van der Waals surface area contributed by atoms with Gasteiger partial charge in [-0.05, 0) is 56.4 Å². The predicted octanol–water partition coefficient (Wildman–Crippen LogP) is 3.80. The summed E-state index contributed by atoms with van der Waals surface area (Å²) in [6, 6.07) is 15.4. The Morgan fingerprint density at radius 2 is 2.04 bits per heavy atom. The third kappa shape index (κ3) is 2.70. The molecule has 2 unspecified atom stereocenters. The summed E-state index contributed by atoms with van der Waals surface area (Å²) in [7, 11) is 0. The van der Waals surface area contributed by atoms with Crippen LogP contribution in [0.2, 0.25) is 0 Å². The second-order valence-corrected chi connectivity index (χ2v) is 7.01. The van der Waals surface area contributed by atoms with Crippen molar-refractivity contribution in [2.24, 2.45) is 0 Å². The van der Waals surface area contributed by atoms with Crippen molar-refractivity contribution in [1.82, 2.24) is 5.32 Å². The van der Waals surface area contributed by atoms with Crippen LogP contribution in [0.1, 0.15) is 42.2 Å². The summed E-state index contributed by atoms with van der Waals surface area (Å²) in [5, 5.41) is 4.03. The first-order valence-electron chi connectivity index (χ1n) is 8.68. The second-order valence-electron chi connectivity index (χ2n) is 6.62. The van der Waals surface area contributed by atoms with Crippen molar-refractivity contribution in [3.63, 3.8) is 0 Å². The number of esters is 1. The fraction of sp³-hybridized carbons (Fsp3) is 0.300. The van der Waals surface area contributed by atoms with Crippen molar-refractivity contribution in [2.45, 2.75) is 32.0 Å². The van der Waals surface area contributed by atoms with Crippen LogP contribution in [0.5, 0.6) is 5.75 Å². The molecule has 0 radical (unpaired) electrons. The zero-order valence-electron chi connectivity index (χ0n) is 14.7. The molecule has 0 amide bonds. The predicted molar refractivity (Wildman–Crippen MR) is 103 cm³/mol. The van der Waals surface area contributed by atoms with Gasteiger partial charge < -0.3 is 14.8 Å². The number of hydrogen-bond acceptors (Lipinski definition) is 4. The van der Waals surface area contributed by atoms with Gasteiger partial charge in [0.15, 0.2) is 10.8 Å². The molecule has 2 aliphatic heterocycles. The van der Waals surface area contributed by atoms with E-state index in [4.69, 9.17) is 21.7 Å². The van der Waals surface area contributed by atoms with Crippen molar-refractivity contribution in [3.8, 4) is 5.75 Å². The Hall–Kier alpha value is -2.60. The molecule has 2 bridgehead atoms. The lowest BCUT2D eigenvalue weighted by Gasteiger charge is -2.52. The first kappa shape index (κ1) is 16.8. The maximum atomic E-state index is 11.9. The van der Waals surface area contributed by atoms with Crippen molar-refractivity contribution in [2.75, 3.05) is 11.5 Å². The Kier molecular flexibility index (Phi) is 4.07. The number of hydrogen-bond donors (Lipinski definition) is 1. The third-order valence-electron chi connectivity index (χ3n) is 4.82. The molecule has 2 atom stereocenters. The van der Waals surface area contributed by atoms with E-state index in [1.165, 1.54) is 0 Å². The number of thiocarbonyl (C=S) groups is 1. The van der Waals surface area contributed by atoms with Gasteiger partial charge in [-0.2, -0.15) is 0 Å². The minimum absolute atomic E-state index is 0.132. The van der Waals surface area contributed by atoms with E-state index in [1.807, 2.05) is 42.2 Å². The van der Waals surface area contributed by atoms with Gasteiger partial charge in [-0.15, -0.1) is 0 Å². The van der Waals surface area contributed by atoms with E-state index in [0.717, 1.165) is 23.4 Å². The van der Waals surface area contributed by atoms with Crippen LogP contribution < -0.4 is 15.0 Å². The maximum Gasteiger partial charge on any atom is 0.338 e. The normalized spacial score (nSPS) is 23.5. The smallest absolute Gasteiger partial charge is 0.338 e. The van der Waals surface area contributed by atoms with Crippen LogP contribution in [0.25, 0.3) is 0 Å². The van der Waals surface area contributed by atoms with E-state index in [0.29, 0.717) is 17.3 Å². The van der Waals surface area contributed by atoms with Crippen molar-refractivity contribution >= 4 is 29.0 Å². The Morgan fingerprint density at radius 1 is 1.31 bits per heavy atom. The molecule has 0 spiro atoms. The molecule has 6 heteroatoms. The SMILES string of the molecule is CCOC(=O)c1ccc(N2C(=S)NC3CC2(C)Oc2ccccc23)cc1. The second kappa shape index (κ2) is 6.29. The molecule has 0 saturated carbocycles. The molecule has 2 aliphatic rings. The lowest BCUT2D eigenvalue weighted by atomic mass is 9.90. The topological polar surface area (TPSA) is 50.8 Å². The number of nitrogens with zero attached hydrogens (tertiary/aromatic N) is 1. The summed E-state index contributed by atoms with van der Waals surface area (Å²) >= 11 is 5.63. The standard InChI is InChI=1S/C20H20N2O3S/c1-3-24-18(23)13-8-10-14(11-9-13)22-19(26)21-16-12-20(22,2)25-17-7-5-4-6-15(16)17/h4-11,16H,3,12H2,1-2H3,(H,21,26). The summed E-state index contributed by atoms with van der Waals surface area (Å²) in [6.45, 7) is 4.19. The summed E-state index contributed by atoms with van der Waals surface area (Å²) in [6.07, 6.45) is 0.768. The monoisotopic (exact) mass is 368 g/mol. The van der Waals surface area contributed by atoms with Gasteiger partial charge in [0.05, 0.1) is 18.2 Å². The Morgan fingerprint density at radius 3 is 2.77 bits per heavy atom. The number of carbonyl (C=O) groups is 1. The van der Waals surface area contributed by atoms with Gasteiger partial charge in [0.1, 0.15) is 5.75 Å². The molecular weight excluding hydrogens is 348 g/mol. The largest absolute Gasteiger partial charge is 0.467 e. The molecular formula is C20H20N2O3S. The molecule has 5 nitrogen and oxygen atoms in total. The summed E-state index contributed by atoms with van der Waals surface area (Å²) in [5.41, 5.74) is 1.93. The number of carbonyl (C=O) groups excluding carboxylic acids is 1. The molecule has 26 heavy (non-hydrogen) atoms. The van der Waals surface area contributed by atoms with Crippen LogP contribution in [-0.4, -0.2) is 23.4 Å². The average molecular weight is 368 g/mol. The van der Waals surface area contributed by atoms with Crippen LogP contribution in [0.15, 0.2) is 48.5 Å². The van der Waals surface area contributed by atoms with Gasteiger partial charge in [-0.1, -0.05) is 18.2 Å². The highest BCUT2D eigenvalue weighted by Crippen LogP contribution is 2.45. The minimum Gasteiger partial charge on any atom is -0.467 e. The summed E-state index contributed by atoms with van der Waals surface area (Å²) < 4.78 is 11.4. The van der Waals surface area contributed by atoms with Gasteiger partial charge in [-0.25, -0.2) is 4.79 Å². The number of para-hydroxylation sites is 1. The zero-order chi connectivity index (χ0) is 18.3. The molecule has 1 fully saturated rings. The number of rotatable bonds is 3. The number of nitrogens with one attached hydrogen (secondary N) is 1. The van der Waals surface area contributed by atoms with Gasteiger partial charge in [0.25, 0.3) is 0 Å². The Bertz CT molecular complexity index is 868. The molecule has 2 heterocycles. The van der Waals surface area contributed by atoms with E-state index in [1.54, 1.807) is 19.1 Å². The highest BCUT2D eigenvalue weighted by Gasteiger charge is 2.48. The Labute approximate surface area is 157 Å². The number of ether oxygens (including phenoxy) is 2. The molecule has 2 aromatic carbocycles. The van der Waals surface area contributed by atoms with E-state index < -0.39 is 5.72 Å². The third-order valence-corrected chi connectivity index (χ3v) is 5.12. The maximum absolute atomic E-state index is 11.9. The quantitative estimate of drug-likeness (QED) is 0.657. The number of anilines is 1. The molecule has 2 aromatic rings. The summed E-state index contributed by atoms with van der Waals surface area (Å²) in [5.74, 6) is 0.543. The average Bonchev–Trinajstić information content (AvgIpc) is 2.61. The minimum atomic E-state index is -0.590. The van der Waals surface area contributed by atoms with Crippen LogP contribution in [0, 0.1) is 0 Å². The molecule has 1 N–H and O–H groups in total. The zero-order valence-corrected chi connectivity index (χ0v) is 15.5. The van der Waals surface area contributed by atoms with Crippen LogP contribution >= 0.6 is 12.2 Å². The van der Waals surface area contributed by atoms with Crippen molar-refractivity contribution < 1.29 is 14.3 Å². The number of benzene rings is 2. The lowest BCUT2D eigenvalue weighted by molar-refractivity contribution is 0.0498. The fourth-order valence-electron chi connectivity index (χ4n) is 3.67. The van der Waals surface area contributed by atoms with Crippen LogP contribution in [0.4, 0.5) is 5.69 Å². The fourth-order valence-corrected chi connectivity index (χ4v) is 4.11. The molecule has 0 aliphatic carbocycles. The first-order chi connectivity index (χ1) is 12.5. The molecule has 134 valence electrons. The van der Waals surface area contributed by atoms with Gasteiger partial charge >= 0.3 is 5.97 Å². The van der Waals surface area contributed by atoms with Crippen LogP contribution in [-0.2, 0) is 4.74 Å². The van der Waals surface area contributed by atoms with Gasteiger partial charge in [-0.3, -0.25) is 4.90 Å². The number of fused-ring (bicyclic) bond motifs is 4. The van der Waals surface area contributed by atoms with E-state index in [2.05, 4.69) is 11.4 Å². The molecule has 4 rings (SSSR count). The Balaban J connectivity index is 1.67. The van der Waals surface area contributed by atoms with E-state index in [9.17, 15) is 4.79 Å². The van der Waals surface area contributed by atoms with Gasteiger partial charge in [0.2, 0.25) is 0 Å². The highest BCUT2D eigenvalue weighted by atomic mass is 32.1. The molecule has 1 saturated heterocycles. The first-order valence-corrected chi connectivity index (χ1v) is 9.08. The van der Waals surface area contributed by atoms with Crippen LogP contribution in [0.3, 0.4) is 0 Å². The van der Waals surface area contributed by atoms with Crippen molar-refractivity contribution in [1.29, 1.82) is 0 Å². The van der Waals surface area contributed by atoms with E-state index >= 15 is 0 Å².